The van der Waals surface area contributed by atoms with Crippen LogP contribution in [0.4, 0.5) is 10.5 Å². The first-order chi connectivity index (χ1) is 8.83. The van der Waals surface area contributed by atoms with E-state index in [1.165, 1.54) is 0 Å². The maximum atomic E-state index is 11.5. The number of anilines is 1. The number of hydrogen-bond donors (Lipinski definition) is 3. The van der Waals surface area contributed by atoms with E-state index >= 15 is 0 Å². The Labute approximate surface area is 113 Å². The molecule has 6 nitrogen and oxygen atoms in total. The van der Waals surface area contributed by atoms with Crippen molar-refractivity contribution in [2.75, 3.05) is 17.5 Å². The average molecular weight is 285 g/mol. The monoisotopic (exact) mass is 285 g/mol. The van der Waals surface area contributed by atoms with Crippen LogP contribution in [0.3, 0.4) is 0 Å². The molecule has 0 bridgehead atoms. The number of rotatable bonds is 5. The molecular formula is C12H19N3O3S. The van der Waals surface area contributed by atoms with Gasteiger partial charge < -0.3 is 10.6 Å². The van der Waals surface area contributed by atoms with Crippen LogP contribution in [-0.2, 0) is 10.0 Å². The molecule has 0 saturated carbocycles. The van der Waals surface area contributed by atoms with Gasteiger partial charge >= 0.3 is 6.03 Å². The molecule has 19 heavy (non-hydrogen) atoms. The summed E-state index contributed by atoms with van der Waals surface area (Å²) < 4.78 is 25.0. The Morgan fingerprint density at radius 2 is 1.95 bits per heavy atom. The highest BCUT2D eigenvalue weighted by Crippen LogP contribution is 2.23. The van der Waals surface area contributed by atoms with Crippen LogP contribution in [-0.4, -0.2) is 27.2 Å². The first-order valence-electron chi connectivity index (χ1n) is 5.94. The van der Waals surface area contributed by atoms with E-state index in [1.807, 2.05) is 6.92 Å². The second-order valence-corrected chi connectivity index (χ2v) is 5.94. The van der Waals surface area contributed by atoms with Crippen molar-refractivity contribution < 1.29 is 13.2 Å². The molecule has 0 radical (unpaired) electrons. The van der Waals surface area contributed by atoms with Crippen molar-refractivity contribution >= 4 is 21.7 Å². The molecule has 0 spiro atoms. The molecule has 1 atom stereocenters. The number of urea groups is 1. The van der Waals surface area contributed by atoms with E-state index in [4.69, 9.17) is 0 Å². The van der Waals surface area contributed by atoms with Crippen LogP contribution in [0.15, 0.2) is 24.3 Å². The van der Waals surface area contributed by atoms with Crippen molar-refractivity contribution in [1.82, 2.24) is 10.6 Å². The summed E-state index contributed by atoms with van der Waals surface area (Å²) in [5.41, 5.74) is 1.17. The number of amides is 2. The van der Waals surface area contributed by atoms with Crippen molar-refractivity contribution in [2.45, 2.75) is 19.9 Å². The largest absolute Gasteiger partial charge is 0.338 e. The van der Waals surface area contributed by atoms with Crippen LogP contribution < -0.4 is 15.4 Å². The highest BCUT2D eigenvalue weighted by Gasteiger charge is 2.14. The number of carbonyl (C=O) groups is 1. The second-order valence-electron chi connectivity index (χ2n) is 4.19. The van der Waals surface area contributed by atoms with Gasteiger partial charge in [0.2, 0.25) is 10.0 Å². The Balaban J connectivity index is 2.90. The molecule has 1 aromatic rings. The van der Waals surface area contributed by atoms with Gasteiger partial charge in [-0.15, -0.1) is 0 Å². The molecule has 0 aromatic heterocycles. The molecular weight excluding hydrogens is 266 g/mol. The Morgan fingerprint density at radius 1 is 1.32 bits per heavy atom. The Kier molecular flexibility index (Phi) is 5.17. The fourth-order valence-electron chi connectivity index (χ4n) is 1.65. The van der Waals surface area contributed by atoms with E-state index < -0.39 is 10.0 Å². The minimum absolute atomic E-state index is 0.288. The van der Waals surface area contributed by atoms with E-state index in [9.17, 15) is 13.2 Å². The number of carbonyl (C=O) groups excluding carboxylic acids is 1. The lowest BCUT2D eigenvalue weighted by Crippen LogP contribution is -2.37. The lowest BCUT2D eigenvalue weighted by molar-refractivity contribution is 0.238. The van der Waals surface area contributed by atoms with Gasteiger partial charge in [0.15, 0.2) is 0 Å². The predicted octanol–water partition coefficient (Wildman–Crippen LogP) is 1.44. The molecule has 2 amide bonds. The van der Waals surface area contributed by atoms with E-state index in [1.54, 1.807) is 31.2 Å². The van der Waals surface area contributed by atoms with Gasteiger partial charge in [0.1, 0.15) is 0 Å². The topological polar surface area (TPSA) is 87.3 Å². The fraction of sp³-hybridized carbons (Fsp3) is 0.417. The first kappa shape index (κ1) is 15.3. The van der Waals surface area contributed by atoms with Crippen LogP contribution >= 0.6 is 0 Å². The van der Waals surface area contributed by atoms with Gasteiger partial charge in [0, 0.05) is 6.54 Å². The summed E-state index contributed by atoms with van der Waals surface area (Å²) in [5, 5.41) is 5.36. The van der Waals surface area contributed by atoms with Gasteiger partial charge in [-0.2, -0.15) is 0 Å². The van der Waals surface area contributed by atoms with Crippen LogP contribution in [0.1, 0.15) is 25.5 Å². The van der Waals surface area contributed by atoms with Gasteiger partial charge in [-0.25, -0.2) is 13.2 Å². The summed E-state index contributed by atoms with van der Waals surface area (Å²) in [4.78, 5) is 11.5. The lowest BCUT2D eigenvalue weighted by atomic mass is 10.1. The first-order valence-corrected chi connectivity index (χ1v) is 7.83. The van der Waals surface area contributed by atoms with Crippen LogP contribution in [0, 0.1) is 0 Å². The lowest BCUT2D eigenvalue weighted by Gasteiger charge is -2.18. The van der Waals surface area contributed by atoms with E-state index in [-0.39, 0.29) is 12.1 Å². The summed E-state index contributed by atoms with van der Waals surface area (Å²) in [7, 11) is -3.35. The zero-order valence-electron chi connectivity index (χ0n) is 11.2. The van der Waals surface area contributed by atoms with Gasteiger partial charge in [-0.3, -0.25) is 4.72 Å². The smallest absolute Gasteiger partial charge is 0.315 e. The Morgan fingerprint density at radius 3 is 2.53 bits per heavy atom. The van der Waals surface area contributed by atoms with Crippen LogP contribution in [0.25, 0.3) is 0 Å². The highest BCUT2D eigenvalue weighted by atomic mass is 32.2. The molecule has 7 heteroatoms. The SMILES string of the molecule is CCNC(=O)NC(C)c1ccccc1NS(C)(=O)=O. The third-order valence-electron chi connectivity index (χ3n) is 2.41. The Hall–Kier alpha value is -1.76. The van der Waals surface area contributed by atoms with Gasteiger partial charge in [0.05, 0.1) is 18.0 Å². The predicted molar refractivity (Wildman–Crippen MR) is 75.5 cm³/mol. The molecule has 0 aliphatic rings. The standard InChI is InChI=1S/C12H19N3O3S/c1-4-13-12(16)14-9(2)10-7-5-6-8-11(10)15-19(3,17)18/h5-9,15H,4H2,1-3H3,(H2,13,14,16). The van der Waals surface area contributed by atoms with E-state index in [0.29, 0.717) is 17.8 Å². The van der Waals surface area contributed by atoms with E-state index in [2.05, 4.69) is 15.4 Å². The molecule has 3 N–H and O–H groups in total. The van der Waals surface area contributed by atoms with Crippen molar-refractivity contribution in [2.24, 2.45) is 0 Å². The number of benzene rings is 1. The molecule has 1 aromatic carbocycles. The maximum absolute atomic E-state index is 11.5. The number of hydrogen-bond acceptors (Lipinski definition) is 3. The zero-order chi connectivity index (χ0) is 14.5. The number of nitrogens with one attached hydrogen (secondary N) is 3. The van der Waals surface area contributed by atoms with Crippen molar-refractivity contribution in [1.29, 1.82) is 0 Å². The van der Waals surface area contributed by atoms with Gasteiger partial charge in [-0.1, -0.05) is 18.2 Å². The quantitative estimate of drug-likeness (QED) is 0.765. The molecule has 1 rings (SSSR count). The molecule has 0 fully saturated rings. The molecule has 106 valence electrons. The fourth-order valence-corrected chi connectivity index (χ4v) is 2.24. The summed E-state index contributed by atoms with van der Waals surface area (Å²) in [5.74, 6) is 0. The third-order valence-corrected chi connectivity index (χ3v) is 3.00. The third kappa shape index (κ3) is 5.17. The summed E-state index contributed by atoms with van der Waals surface area (Å²) in [6.45, 7) is 4.14. The number of para-hydroxylation sites is 1. The second kappa shape index (κ2) is 6.42. The zero-order valence-corrected chi connectivity index (χ0v) is 12.0. The highest BCUT2D eigenvalue weighted by molar-refractivity contribution is 7.92. The molecule has 0 aliphatic carbocycles. The minimum Gasteiger partial charge on any atom is -0.338 e. The van der Waals surface area contributed by atoms with Gasteiger partial charge in [0.25, 0.3) is 0 Å². The number of sulfonamides is 1. The molecule has 0 aliphatic heterocycles. The van der Waals surface area contributed by atoms with Crippen molar-refractivity contribution in [3.63, 3.8) is 0 Å². The maximum Gasteiger partial charge on any atom is 0.315 e. The minimum atomic E-state index is -3.35. The van der Waals surface area contributed by atoms with Crippen molar-refractivity contribution in [3.8, 4) is 0 Å². The Bertz CT molecular complexity index is 543. The molecule has 0 heterocycles. The average Bonchev–Trinajstić information content (AvgIpc) is 2.27. The normalized spacial score (nSPS) is 12.6. The summed E-state index contributed by atoms with van der Waals surface area (Å²) in [6, 6.07) is 6.35. The molecule has 0 saturated heterocycles. The van der Waals surface area contributed by atoms with E-state index in [0.717, 1.165) is 6.26 Å². The summed E-state index contributed by atoms with van der Waals surface area (Å²) >= 11 is 0. The van der Waals surface area contributed by atoms with Crippen LogP contribution in [0.2, 0.25) is 0 Å². The van der Waals surface area contributed by atoms with Crippen LogP contribution in [0.5, 0.6) is 0 Å². The summed E-state index contributed by atoms with van der Waals surface area (Å²) in [6.07, 6.45) is 1.09. The van der Waals surface area contributed by atoms with Gasteiger partial charge in [-0.05, 0) is 25.5 Å². The molecule has 1 unspecified atom stereocenters. The van der Waals surface area contributed by atoms with Crippen molar-refractivity contribution in [3.05, 3.63) is 29.8 Å².